The minimum absolute atomic E-state index is 0.294. The van der Waals surface area contributed by atoms with Gasteiger partial charge in [0.15, 0.2) is 5.13 Å². The summed E-state index contributed by atoms with van der Waals surface area (Å²) >= 11 is 1.09. The largest absolute Gasteiger partial charge is 0.494 e. The van der Waals surface area contributed by atoms with Crippen LogP contribution in [0.3, 0.4) is 0 Å². The van der Waals surface area contributed by atoms with Gasteiger partial charge in [-0.1, -0.05) is 18.3 Å². The molecule has 0 saturated heterocycles. The van der Waals surface area contributed by atoms with E-state index in [-0.39, 0.29) is 5.91 Å². The van der Waals surface area contributed by atoms with Gasteiger partial charge in [0.05, 0.1) is 19.4 Å². The monoisotopic (exact) mass is 334 g/mol. The van der Waals surface area contributed by atoms with E-state index in [9.17, 15) is 9.59 Å². The number of anilines is 1. The van der Waals surface area contributed by atoms with Crippen LogP contribution >= 0.6 is 11.3 Å². The number of nitrogens with zero attached hydrogens (tertiary/aromatic N) is 1. The van der Waals surface area contributed by atoms with E-state index in [1.54, 1.807) is 31.2 Å². The van der Waals surface area contributed by atoms with Gasteiger partial charge >= 0.3 is 5.97 Å². The van der Waals surface area contributed by atoms with Crippen LogP contribution in [0.2, 0.25) is 0 Å². The molecule has 0 fully saturated rings. The van der Waals surface area contributed by atoms with Crippen LogP contribution in [0, 0.1) is 6.92 Å². The smallest absolute Gasteiger partial charge is 0.350 e. The Morgan fingerprint density at radius 1 is 1.26 bits per heavy atom. The molecular formula is C16H18N2O4S. The second-order valence-electron chi connectivity index (χ2n) is 4.75. The SMILES string of the molecule is CCCOc1ccc(C(=O)Nc2nc(C)c(C(=O)OC)s2)cc1. The van der Waals surface area contributed by atoms with E-state index in [2.05, 4.69) is 15.0 Å². The van der Waals surface area contributed by atoms with Crippen LogP contribution in [0.25, 0.3) is 0 Å². The normalized spacial score (nSPS) is 10.2. The highest BCUT2D eigenvalue weighted by Crippen LogP contribution is 2.24. The zero-order valence-electron chi connectivity index (χ0n) is 13.2. The first kappa shape index (κ1) is 17.0. The van der Waals surface area contributed by atoms with Crippen molar-refractivity contribution in [1.29, 1.82) is 0 Å². The van der Waals surface area contributed by atoms with Gasteiger partial charge in [0.25, 0.3) is 5.91 Å². The third kappa shape index (κ3) is 4.29. The van der Waals surface area contributed by atoms with Crippen LogP contribution in [0.15, 0.2) is 24.3 Å². The van der Waals surface area contributed by atoms with Gasteiger partial charge in [-0.2, -0.15) is 0 Å². The molecule has 2 rings (SSSR count). The summed E-state index contributed by atoms with van der Waals surface area (Å²) in [7, 11) is 1.31. The molecule has 0 saturated carbocycles. The van der Waals surface area contributed by atoms with Crippen molar-refractivity contribution in [3.63, 3.8) is 0 Å². The molecule has 0 radical (unpaired) electrons. The molecule has 0 aliphatic carbocycles. The van der Waals surface area contributed by atoms with E-state index in [4.69, 9.17) is 4.74 Å². The van der Waals surface area contributed by atoms with Crippen LogP contribution in [0.1, 0.15) is 39.1 Å². The first-order valence-corrected chi connectivity index (χ1v) is 7.96. The molecule has 6 nitrogen and oxygen atoms in total. The number of aryl methyl sites for hydroxylation is 1. The zero-order valence-corrected chi connectivity index (χ0v) is 14.0. The lowest BCUT2D eigenvalue weighted by molar-refractivity contribution is 0.0605. The Hall–Kier alpha value is -2.41. The fraction of sp³-hybridized carbons (Fsp3) is 0.312. The highest BCUT2D eigenvalue weighted by Gasteiger charge is 2.17. The lowest BCUT2D eigenvalue weighted by Crippen LogP contribution is -2.11. The van der Waals surface area contributed by atoms with Gasteiger partial charge in [-0.25, -0.2) is 9.78 Å². The van der Waals surface area contributed by atoms with Crippen molar-refractivity contribution in [3.05, 3.63) is 40.4 Å². The van der Waals surface area contributed by atoms with Crippen LogP contribution in [0.5, 0.6) is 5.75 Å². The quantitative estimate of drug-likeness (QED) is 0.820. The Morgan fingerprint density at radius 2 is 1.96 bits per heavy atom. The molecule has 0 aliphatic heterocycles. The highest BCUT2D eigenvalue weighted by molar-refractivity contribution is 7.17. The minimum atomic E-state index is -0.460. The fourth-order valence-electron chi connectivity index (χ4n) is 1.82. The summed E-state index contributed by atoms with van der Waals surface area (Å²) in [5.74, 6) is -0.0309. The van der Waals surface area contributed by atoms with Crippen molar-refractivity contribution in [1.82, 2.24) is 4.98 Å². The van der Waals surface area contributed by atoms with Gasteiger partial charge in [0.2, 0.25) is 0 Å². The summed E-state index contributed by atoms with van der Waals surface area (Å²) in [4.78, 5) is 28.3. The van der Waals surface area contributed by atoms with Crippen LogP contribution in [0.4, 0.5) is 5.13 Å². The Bertz CT molecular complexity index is 695. The number of esters is 1. The molecule has 0 aliphatic rings. The molecule has 1 amide bonds. The first-order chi connectivity index (χ1) is 11.0. The van der Waals surface area contributed by atoms with Crippen molar-refractivity contribution in [2.45, 2.75) is 20.3 Å². The maximum absolute atomic E-state index is 12.2. The third-order valence-corrected chi connectivity index (χ3v) is 4.03. The Kier molecular flexibility index (Phi) is 5.70. The van der Waals surface area contributed by atoms with E-state index in [1.807, 2.05) is 6.92 Å². The second kappa shape index (κ2) is 7.73. The van der Waals surface area contributed by atoms with Crippen molar-refractivity contribution in [2.75, 3.05) is 19.0 Å². The van der Waals surface area contributed by atoms with Crippen LogP contribution in [-0.2, 0) is 4.74 Å². The topological polar surface area (TPSA) is 77.5 Å². The number of hydrogen-bond acceptors (Lipinski definition) is 6. The molecule has 122 valence electrons. The molecule has 1 aromatic carbocycles. The van der Waals surface area contributed by atoms with Crippen molar-refractivity contribution in [3.8, 4) is 5.75 Å². The molecule has 0 atom stereocenters. The number of aromatic nitrogens is 1. The summed E-state index contributed by atoms with van der Waals surface area (Å²) in [5, 5.41) is 3.04. The lowest BCUT2D eigenvalue weighted by Gasteiger charge is -2.05. The lowest BCUT2D eigenvalue weighted by atomic mass is 10.2. The van der Waals surface area contributed by atoms with Gasteiger partial charge in [-0.3, -0.25) is 10.1 Å². The fourth-order valence-corrected chi connectivity index (χ4v) is 2.70. The molecule has 2 aromatic rings. The Balaban J connectivity index is 2.05. The number of carbonyl (C=O) groups excluding carboxylic acids is 2. The Morgan fingerprint density at radius 3 is 2.57 bits per heavy atom. The molecule has 1 heterocycles. The third-order valence-electron chi connectivity index (χ3n) is 2.98. The summed E-state index contributed by atoms with van der Waals surface area (Å²) in [6.07, 6.45) is 0.925. The second-order valence-corrected chi connectivity index (χ2v) is 5.75. The van der Waals surface area contributed by atoms with Gasteiger partial charge in [-0.15, -0.1) is 0 Å². The summed E-state index contributed by atoms with van der Waals surface area (Å²) in [6, 6.07) is 6.86. The maximum Gasteiger partial charge on any atom is 0.350 e. The summed E-state index contributed by atoms with van der Waals surface area (Å²) < 4.78 is 10.1. The number of nitrogens with one attached hydrogen (secondary N) is 1. The Labute approximate surface area is 138 Å². The van der Waals surface area contributed by atoms with Gasteiger partial charge < -0.3 is 9.47 Å². The molecule has 1 aromatic heterocycles. The van der Waals surface area contributed by atoms with Crippen molar-refractivity contribution >= 4 is 28.3 Å². The number of ether oxygens (including phenoxy) is 2. The number of carbonyl (C=O) groups is 2. The average molecular weight is 334 g/mol. The number of methoxy groups -OCH3 is 1. The highest BCUT2D eigenvalue weighted by atomic mass is 32.1. The molecule has 23 heavy (non-hydrogen) atoms. The average Bonchev–Trinajstić information content (AvgIpc) is 2.93. The molecule has 7 heteroatoms. The van der Waals surface area contributed by atoms with Gasteiger partial charge in [-0.05, 0) is 37.6 Å². The first-order valence-electron chi connectivity index (χ1n) is 7.15. The number of hydrogen-bond donors (Lipinski definition) is 1. The van der Waals surface area contributed by atoms with E-state index in [0.717, 1.165) is 23.5 Å². The molecule has 0 spiro atoms. The number of thiazole rings is 1. The molecule has 0 unspecified atom stereocenters. The summed E-state index contributed by atoms with van der Waals surface area (Å²) in [5.41, 5.74) is 1.02. The molecular weight excluding hydrogens is 316 g/mol. The van der Waals surface area contributed by atoms with E-state index in [0.29, 0.717) is 27.9 Å². The maximum atomic E-state index is 12.2. The predicted molar refractivity (Wildman–Crippen MR) is 88.4 cm³/mol. The number of rotatable bonds is 6. The van der Waals surface area contributed by atoms with Crippen LogP contribution in [-0.4, -0.2) is 30.6 Å². The number of benzene rings is 1. The zero-order chi connectivity index (χ0) is 16.8. The van der Waals surface area contributed by atoms with E-state index in [1.165, 1.54) is 7.11 Å². The van der Waals surface area contributed by atoms with Gasteiger partial charge in [0.1, 0.15) is 10.6 Å². The van der Waals surface area contributed by atoms with E-state index >= 15 is 0 Å². The van der Waals surface area contributed by atoms with Crippen molar-refractivity contribution in [2.24, 2.45) is 0 Å². The number of amides is 1. The standard InChI is InChI=1S/C16H18N2O4S/c1-4-9-22-12-7-5-11(6-8-12)14(19)18-16-17-10(2)13(23-16)15(20)21-3/h5-8H,4,9H2,1-3H3,(H,17,18,19). The molecule has 1 N–H and O–H groups in total. The van der Waals surface area contributed by atoms with Gasteiger partial charge in [0, 0.05) is 5.56 Å². The summed E-state index contributed by atoms with van der Waals surface area (Å²) in [6.45, 7) is 4.36. The minimum Gasteiger partial charge on any atom is -0.494 e. The van der Waals surface area contributed by atoms with Crippen LogP contribution < -0.4 is 10.1 Å². The van der Waals surface area contributed by atoms with E-state index < -0.39 is 5.97 Å². The molecule has 0 bridgehead atoms. The van der Waals surface area contributed by atoms with Crippen molar-refractivity contribution < 1.29 is 19.1 Å². The predicted octanol–water partition coefficient (Wildman–Crippen LogP) is 3.28.